The minimum atomic E-state index is -0.333. The highest BCUT2D eigenvalue weighted by Gasteiger charge is 2.22. The van der Waals surface area contributed by atoms with Gasteiger partial charge in [0.25, 0.3) is 11.5 Å². The number of nitriles is 2. The third kappa shape index (κ3) is 4.10. The van der Waals surface area contributed by atoms with E-state index in [-0.39, 0.29) is 17.1 Å². The SMILES string of the molecule is CN(C)c1cc[n+](C(=CC(=C=N)C#N)C(=O)c2ccc(C#N)cc2)cc1. The van der Waals surface area contributed by atoms with Crippen LogP contribution in [0.2, 0.25) is 0 Å². The van der Waals surface area contributed by atoms with E-state index in [0.717, 1.165) is 5.69 Å². The number of ketones is 1. The molecule has 0 aliphatic rings. The maximum atomic E-state index is 12.9. The van der Waals surface area contributed by atoms with Crippen molar-refractivity contribution in [3.05, 3.63) is 71.6 Å². The van der Waals surface area contributed by atoms with E-state index in [0.29, 0.717) is 11.1 Å². The Hall–Kier alpha value is -3.99. The van der Waals surface area contributed by atoms with Gasteiger partial charge in [-0.15, -0.1) is 0 Å². The Morgan fingerprint density at radius 2 is 1.73 bits per heavy atom. The first-order valence-corrected chi connectivity index (χ1v) is 7.65. The number of anilines is 1. The fourth-order valence-corrected chi connectivity index (χ4v) is 2.21. The van der Waals surface area contributed by atoms with Gasteiger partial charge >= 0.3 is 0 Å². The summed E-state index contributed by atoms with van der Waals surface area (Å²) in [6.45, 7) is 0. The molecule has 1 heterocycles. The van der Waals surface area contributed by atoms with Gasteiger partial charge < -0.3 is 4.90 Å². The van der Waals surface area contributed by atoms with Gasteiger partial charge in [-0.05, 0) is 30.1 Å². The Labute approximate surface area is 151 Å². The molecule has 6 nitrogen and oxygen atoms in total. The van der Waals surface area contributed by atoms with Gasteiger partial charge in [-0.2, -0.15) is 15.1 Å². The summed E-state index contributed by atoms with van der Waals surface area (Å²) in [6.07, 6.45) is 4.74. The van der Waals surface area contributed by atoms with Gasteiger partial charge in [-0.25, -0.2) is 0 Å². The van der Waals surface area contributed by atoms with Gasteiger partial charge in [-0.3, -0.25) is 10.2 Å². The molecule has 2 rings (SSSR count). The molecule has 126 valence electrons. The van der Waals surface area contributed by atoms with Gasteiger partial charge in [0.2, 0.25) is 0 Å². The summed E-state index contributed by atoms with van der Waals surface area (Å²) >= 11 is 0. The molecular weight excluding hydrogens is 326 g/mol. The Bertz CT molecular complexity index is 980. The van der Waals surface area contributed by atoms with Crippen molar-refractivity contribution >= 4 is 23.0 Å². The topological polar surface area (TPSA) is 95.6 Å². The number of nitrogens with one attached hydrogen (secondary N) is 1. The third-order valence-electron chi connectivity index (χ3n) is 3.65. The first-order chi connectivity index (χ1) is 12.5. The lowest BCUT2D eigenvalue weighted by atomic mass is 10.0. The van der Waals surface area contributed by atoms with Gasteiger partial charge in [0.1, 0.15) is 11.6 Å². The molecule has 0 radical (unpaired) electrons. The summed E-state index contributed by atoms with van der Waals surface area (Å²) < 4.78 is 1.59. The van der Waals surface area contributed by atoms with Crippen LogP contribution in [0, 0.1) is 28.1 Å². The van der Waals surface area contributed by atoms with Crippen LogP contribution < -0.4 is 9.47 Å². The molecular formula is C20H16N5O+. The largest absolute Gasteiger partial charge is 0.377 e. The number of allylic oxidation sites excluding steroid dienone is 3. The highest BCUT2D eigenvalue weighted by molar-refractivity contribution is 6.22. The summed E-state index contributed by atoms with van der Waals surface area (Å²) in [4.78, 5) is 14.9. The number of carbonyl (C=O) groups excluding carboxylic acids is 1. The summed E-state index contributed by atoms with van der Waals surface area (Å²) in [6, 6.07) is 13.7. The number of hydrogen-bond acceptors (Lipinski definition) is 5. The standard InChI is InChI=1S/C20H16N5O/c1-24(2)18-7-9-25(10-8-18)19(11-16(13-22)14-23)20(26)17-5-3-15(12-21)4-6-17/h3-11,22H,1-2H3/q+1. The number of carbonyl (C=O) groups is 1. The predicted octanol–water partition coefficient (Wildman–Crippen LogP) is 2.33. The molecule has 0 fully saturated rings. The van der Waals surface area contributed by atoms with Crippen molar-refractivity contribution in [2.45, 2.75) is 0 Å². The number of nitrogens with zero attached hydrogens (tertiary/aromatic N) is 4. The minimum absolute atomic E-state index is 0.0637. The second-order valence-electron chi connectivity index (χ2n) is 5.56. The number of rotatable bonds is 5. The molecule has 6 heteroatoms. The van der Waals surface area contributed by atoms with Crippen LogP contribution in [-0.4, -0.2) is 25.7 Å². The first kappa shape index (κ1) is 18.4. The van der Waals surface area contributed by atoms with Crippen molar-refractivity contribution in [2.75, 3.05) is 19.0 Å². The molecule has 0 saturated carbocycles. The van der Waals surface area contributed by atoms with Gasteiger partial charge in [0, 0.05) is 43.6 Å². The number of aromatic nitrogens is 1. The monoisotopic (exact) mass is 342 g/mol. The van der Waals surface area contributed by atoms with E-state index in [9.17, 15) is 4.79 Å². The Kier molecular flexibility index (Phi) is 5.79. The third-order valence-corrected chi connectivity index (χ3v) is 3.65. The van der Waals surface area contributed by atoms with E-state index in [1.165, 1.54) is 6.08 Å². The van der Waals surface area contributed by atoms with Crippen LogP contribution in [0.3, 0.4) is 0 Å². The first-order valence-electron chi connectivity index (χ1n) is 7.65. The average Bonchev–Trinajstić information content (AvgIpc) is 2.68. The second kappa shape index (κ2) is 8.21. The van der Waals surface area contributed by atoms with Crippen molar-refractivity contribution in [1.82, 2.24) is 0 Å². The number of Topliss-reactive ketones (excluding diaryl/α,β-unsaturated/α-hetero) is 1. The number of hydrogen-bond donors (Lipinski definition) is 1. The zero-order chi connectivity index (χ0) is 19.1. The van der Waals surface area contributed by atoms with E-state index < -0.39 is 0 Å². The van der Waals surface area contributed by atoms with Gasteiger partial charge in [-0.1, -0.05) is 0 Å². The lowest BCUT2D eigenvalue weighted by molar-refractivity contribution is -0.576. The quantitative estimate of drug-likeness (QED) is 0.225. The lowest BCUT2D eigenvalue weighted by Gasteiger charge is -2.10. The van der Waals surface area contributed by atoms with Crippen LogP contribution in [0.5, 0.6) is 0 Å². The Morgan fingerprint density at radius 1 is 1.12 bits per heavy atom. The molecule has 0 unspecified atom stereocenters. The van der Waals surface area contributed by atoms with Crippen LogP contribution in [0.4, 0.5) is 5.69 Å². The fraction of sp³-hybridized carbons (Fsp3) is 0.100. The molecule has 0 spiro atoms. The lowest BCUT2D eigenvalue weighted by Crippen LogP contribution is -2.36. The van der Waals surface area contributed by atoms with Crippen LogP contribution in [0.1, 0.15) is 15.9 Å². The second-order valence-corrected chi connectivity index (χ2v) is 5.56. The molecule has 1 aromatic carbocycles. The molecule has 0 saturated heterocycles. The molecule has 0 amide bonds. The smallest absolute Gasteiger partial charge is 0.260 e. The van der Waals surface area contributed by atoms with E-state index in [1.807, 2.05) is 49.1 Å². The molecule has 1 N–H and O–H groups in total. The molecule has 0 atom stereocenters. The zero-order valence-corrected chi connectivity index (χ0v) is 14.4. The van der Waals surface area contributed by atoms with Crippen LogP contribution in [0.25, 0.3) is 5.70 Å². The van der Waals surface area contributed by atoms with Crippen LogP contribution in [-0.2, 0) is 0 Å². The van der Waals surface area contributed by atoms with E-state index in [4.69, 9.17) is 15.9 Å². The molecule has 2 aromatic rings. The average molecular weight is 342 g/mol. The molecule has 0 aliphatic carbocycles. The van der Waals surface area contributed by atoms with Crippen LogP contribution >= 0.6 is 0 Å². The summed E-state index contributed by atoms with van der Waals surface area (Å²) in [5.41, 5.74) is 1.92. The fourth-order valence-electron chi connectivity index (χ4n) is 2.21. The van der Waals surface area contributed by atoms with Crippen molar-refractivity contribution in [3.8, 4) is 12.1 Å². The van der Waals surface area contributed by atoms with E-state index in [2.05, 4.69) is 0 Å². The Morgan fingerprint density at radius 3 is 2.19 bits per heavy atom. The van der Waals surface area contributed by atoms with Crippen LogP contribution in [0.15, 0.2) is 60.4 Å². The van der Waals surface area contributed by atoms with Gasteiger partial charge in [0.15, 0.2) is 12.4 Å². The molecule has 1 aromatic heterocycles. The zero-order valence-electron chi connectivity index (χ0n) is 14.4. The van der Waals surface area contributed by atoms with Crippen molar-refractivity contribution in [3.63, 3.8) is 0 Å². The van der Waals surface area contributed by atoms with Crippen molar-refractivity contribution in [2.24, 2.45) is 0 Å². The highest BCUT2D eigenvalue weighted by atomic mass is 16.1. The summed E-state index contributed by atoms with van der Waals surface area (Å²) in [5, 5.41) is 25.2. The minimum Gasteiger partial charge on any atom is -0.377 e. The number of benzene rings is 1. The predicted molar refractivity (Wildman–Crippen MR) is 97.6 cm³/mol. The molecule has 0 bridgehead atoms. The summed E-state index contributed by atoms with van der Waals surface area (Å²) in [7, 11) is 3.81. The Balaban J connectivity index is 2.53. The van der Waals surface area contributed by atoms with Gasteiger partial charge in [0.05, 0.1) is 11.6 Å². The number of pyridine rings is 1. The summed E-state index contributed by atoms with van der Waals surface area (Å²) in [5.74, 6) is 1.69. The maximum absolute atomic E-state index is 12.9. The molecule has 0 aliphatic heterocycles. The van der Waals surface area contributed by atoms with Crippen molar-refractivity contribution in [1.29, 1.82) is 15.9 Å². The van der Waals surface area contributed by atoms with Crippen molar-refractivity contribution < 1.29 is 9.36 Å². The van der Waals surface area contributed by atoms with E-state index >= 15 is 0 Å². The maximum Gasteiger partial charge on any atom is 0.260 e. The highest BCUT2D eigenvalue weighted by Crippen LogP contribution is 2.13. The van der Waals surface area contributed by atoms with E-state index in [1.54, 1.807) is 41.2 Å². The normalized spacial score (nSPS) is 10.2. The molecule has 26 heavy (non-hydrogen) atoms.